The summed E-state index contributed by atoms with van der Waals surface area (Å²) in [6, 6.07) is 4.59. The van der Waals surface area contributed by atoms with Gasteiger partial charge < -0.3 is 10.6 Å². The predicted molar refractivity (Wildman–Crippen MR) is 74.7 cm³/mol. The van der Waals surface area contributed by atoms with Crippen molar-refractivity contribution >= 4 is 11.6 Å². The first kappa shape index (κ1) is 14.5. The molecule has 1 aliphatic rings. The molecule has 0 aliphatic carbocycles. The first-order valence-electron chi connectivity index (χ1n) is 6.69. The summed E-state index contributed by atoms with van der Waals surface area (Å²) in [5, 5.41) is 14.9. The fraction of sp³-hybridized carbons (Fsp3) is 0.467. The van der Waals surface area contributed by atoms with Crippen molar-refractivity contribution in [2.24, 2.45) is 5.41 Å². The quantitative estimate of drug-likeness (QED) is 0.870. The highest BCUT2D eigenvalue weighted by atomic mass is 19.1. The molecule has 1 aromatic carbocycles. The van der Waals surface area contributed by atoms with E-state index in [2.05, 4.69) is 10.6 Å². The maximum atomic E-state index is 13.7. The monoisotopic (exact) mass is 275 g/mol. The summed E-state index contributed by atoms with van der Waals surface area (Å²) >= 11 is 0. The van der Waals surface area contributed by atoms with Crippen molar-refractivity contribution in [1.29, 1.82) is 5.26 Å². The van der Waals surface area contributed by atoms with Crippen LogP contribution in [0.15, 0.2) is 12.1 Å². The molecule has 1 aliphatic heterocycles. The normalized spacial score (nSPS) is 17.3. The molecule has 1 heterocycles. The minimum absolute atomic E-state index is 0.114. The van der Waals surface area contributed by atoms with Crippen LogP contribution >= 0.6 is 0 Å². The lowest BCUT2D eigenvalue weighted by Gasteiger charge is -2.32. The minimum atomic E-state index is -0.477. The number of halogens is 1. The molecule has 1 aromatic rings. The van der Waals surface area contributed by atoms with Crippen molar-refractivity contribution in [3.63, 3.8) is 0 Å². The first-order valence-corrected chi connectivity index (χ1v) is 6.69. The first-order chi connectivity index (χ1) is 9.46. The second-order valence-corrected chi connectivity index (χ2v) is 5.51. The van der Waals surface area contributed by atoms with Crippen molar-refractivity contribution < 1.29 is 9.18 Å². The van der Waals surface area contributed by atoms with Gasteiger partial charge in [0.25, 0.3) is 0 Å². The summed E-state index contributed by atoms with van der Waals surface area (Å²) < 4.78 is 13.7. The third-order valence-electron chi connectivity index (χ3n) is 3.98. The number of anilines is 1. The van der Waals surface area contributed by atoms with Gasteiger partial charge in [0.15, 0.2) is 0 Å². The number of benzene rings is 1. The van der Waals surface area contributed by atoms with Gasteiger partial charge in [-0.2, -0.15) is 5.26 Å². The van der Waals surface area contributed by atoms with Crippen molar-refractivity contribution in [2.45, 2.75) is 26.7 Å². The topological polar surface area (TPSA) is 64.9 Å². The van der Waals surface area contributed by atoms with E-state index in [1.807, 2.05) is 13.0 Å². The molecule has 0 spiro atoms. The molecule has 20 heavy (non-hydrogen) atoms. The Morgan fingerprint density at radius 2 is 2.10 bits per heavy atom. The van der Waals surface area contributed by atoms with Crippen LogP contribution in [0.25, 0.3) is 0 Å². The van der Waals surface area contributed by atoms with Crippen LogP contribution < -0.4 is 10.6 Å². The number of hydrogen-bond donors (Lipinski definition) is 2. The van der Waals surface area contributed by atoms with E-state index in [4.69, 9.17) is 5.26 Å². The summed E-state index contributed by atoms with van der Waals surface area (Å²) in [5.74, 6) is -0.591. The van der Waals surface area contributed by atoms with Crippen LogP contribution in [0, 0.1) is 29.5 Å². The van der Waals surface area contributed by atoms with E-state index in [1.54, 1.807) is 6.92 Å². The van der Waals surface area contributed by atoms with Gasteiger partial charge in [0.2, 0.25) is 5.91 Å². The summed E-state index contributed by atoms with van der Waals surface area (Å²) in [6.07, 6.45) is 1.50. The van der Waals surface area contributed by atoms with Gasteiger partial charge in [-0.15, -0.1) is 0 Å². The van der Waals surface area contributed by atoms with Crippen LogP contribution in [0.4, 0.5) is 10.1 Å². The average Bonchev–Trinajstić information content (AvgIpc) is 2.44. The van der Waals surface area contributed by atoms with Gasteiger partial charge in [-0.25, -0.2) is 4.39 Å². The van der Waals surface area contributed by atoms with Gasteiger partial charge in [-0.1, -0.05) is 6.92 Å². The number of hydrogen-bond acceptors (Lipinski definition) is 3. The second-order valence-electron chi connectivity index (χ2n) is 5.51. The maximum absolute atomic E-state index is 13.7. The number of nitrogens with zero attached hydrogens (tertiary/aromatic N) is 1. The number of nitrogens with one attached hydrogen (secondary N) is 2. The van der Waals surface area contributed by atoms with Gasteiger partial charge in [-0.05, 0) is 45.0 Å². The smallest absolute Gasteiger partial charge is 0.230 e. The van der Waals surface area contributed by atoms with E-state index in [9.17, 15) is 9.18 Å². The lowest BCUT2D eigenvalue weighted by Crippen LogP contribution is -2.43. The van der Waals surface area contributed by atoms with E-state index in [0.717, 1.165) is 25.9 Å². The number of carbonyl (C=O) groups is 1. The molecule has 1 fully saturated rings. The Balaban J connectivity index is 2.23. The van der Waals surface area contributed by atoms with Crippen LogP contribution in [-0.4, -0.2) is 19.0 Å². The summed E-state index contributed by atoms with van der Waals surface area (Å²) in [5.41, 5.74) is 0.497. The number of nitriles is 1. The average molecular weight is 275 g/mol. The molecule has 0 atom stereocenters. The third-order valence-corrected chi connectivity index (χ3v) is 3.98. The zero-order chi connectivity index (χ0) is 14.8. The molecular weight excluding hydrogens is 257 g/mol. The molecular formula is C15H18FN3O. The highest BCUT2D eigenvalue weighted by Gasteiger charge is 2.34. The molecule has 0 unspecified atom stereocenters. The Labute approximate surface area is 118 Å². The van der Waals surface area contributed by atoms with Crippen LogP contribution in [-0.2, 0) is 4.79 Å². The second kappa shape index (κ2) is 5.59. The highest BCUT2D eigenvalue weighted by molar-refractivity contribution is 5.96. The van der Waals surface area contributed by atoms with Gasteiger partial charge in [0, 0.05) is 16.7 Å². The third kappa shape index (κ3) is 2.81. The standard InChI is InChI=1S/C15H18FN3O/c1-10-12(16)7-11(9-17)8-13(10)19-14(20)15(2)3-5-18-6-4-15/h7-8,18H,3-6H2,1-2H3,(H,19,20). The lowest BCUT2D eigenvalue weighted by atomic mass is 9.80. The van der Waals surface area contributed by atoms with Gasteiger partial charge in [0.05, 0.1) is 11.6 Å². The SMILES string of the molecule is Cc1c(F)cc(C#N)cc1NC(=O)C1(C)CCNCC1. The fourth-order valence-corrected chi connectivity index (χ4v) is 2.35. The van der Waals surface area contributed by atoms with Crippen LogP contribution in [0.3, 0.4) is 0 Å². The molecule has 106 valence electrons. The number of rotatable bonds is 2. The van der Waals surface area contributed by atoms with Crippen molar-refractivity contribution in [2.75, 3.05) is 18.4 Å². The molecule has 5 heteroatoms. The van der Waals surface area contributed by atoms with E-state index < -0.39 is 11.2 Å². The Hall–Kier alpha value is -1.93. The van der Waals surface area contributed by atoms with Crippen molar-refractivity contribution in [1.82, 2.24) is 5.32 Å². The molecule has 2 rings (SSSR count). The van der Waals surface area contributed by atoms with E-state index in [1.165, 1.54) is 12.1 Å². The van der Waals surface area contributed by atoms with Gasteiger partial charge in [-0.3, -0.25) is 4.79 Å². The zero-order valence-corrected chi connectivity index (χ0v) is 11.7. The largest absolute Gasteiger partial charge is 0.325 e. The Kier molecular flexibility index (Phi) is 4.05. The molecule has 0 bridgehead atoms. The highest BCUT2D eigenvalue weighted by Crippen LogP contribution is 2.30. The molecule has 0 radical (unpaired) electrons. The zero-order valence-electron chi connectivity index (χ0n) is 11.7. The van der Waals surface area contributed by atoms with E-state index in [0.29, 0.717) is 11.3 Å². The molecule has 4 nitrogen and oxygen atoms in total. The molecule has 2 N–H and O–H groups in total. The minimum Gasteiger partial charge on any atom is -0.325 e. The molecule has 1 amide bonds. The molecule has 1 saturated heterocycles. The Morgan fingerprint density at radius 3 is 2.70 bits per heavy atom. The number of piperidine rings is 1. The predicted octanol–water partition coefficient (Wildman–Crippen LogP) is 2.33. The van der Waals surface area contributed by atoms with Crippen LogP contribution in [0.5, 0.6) is 0 Å². The summed E-state index contributed by atoms with van der Waals surface area (Å²) in [7, 11) is 0. The van der Waals surface area contributed by atoms with Crippen molar-refractivity contribution in [3.8, 4) is 6.07 Å². The van der Waals surface area contributed by atoms with E-state index >= 15 is 0 Å². The Morgan fingerprint density at radius 1 is 1.45 bits per heavy atom. The van der Waals surface area contributed by atoms with Crippen LogP contribution in [0.1, 0.15) is 30.9 Å². The summed E-state index contributed by atoms with van der Waals surface area (Å²) in [6.45, 7) is 5.12. The van der Waals surface area contributed by atoms with Crippen molar-refractivity contribution in [3.05, 3.63) is 29.1 Å². The number of amides is 1. The maximum Gasteiger partial charge on any atom is 0.230 e. The van der Waals surface area contributed by atoms with Gasteiger partial charge >= 0.3 is 0 Å². The number of carbonyl (C=O) groups excluding carboxylic acids is 1. The summed E-state index contributed by atoms with van der Waals surface area (Å²) in [4.78, 5) is 12.4. The Bertz CT molecular complexity index is 571. The fourth-order valence-electron chi connectivity index (χ4n) is 2.35. The van der Waals surface area contributed by atoms with Crippen LogP contribution in [0.2, 0.25) is 0 Å². The molecule has 0 aromatic heterocycles. The molecule has 0 saturated carbocycles. The van der Waals surface area contributed by atoms with E-state index in [-0.39, 0.29) is 11.5 Å². The lowest BCUT2D eigenvalue weighted by molar-refractivity contribution is -0.126. The van der Waals surface area contributed by atoms with Gasteiger partial charge in [0.1, 0.15) is 5.82 Å².